The average molecular weight is 443 g/mol. The highest BCUT2D eigenvalue weighted by Crippen LogP contribution is 2.19. The molecule has 6 heteroatoms. The molecule has 0 spiro atoms. The van der Waals surface area contributed by atoms with Crippen LogP contribution in [0.5, 0.6) is 0 Å². The minimum atomic E-state index is -0.511. The number of carbonyl (C=O) groups excluding carboxylic acids is 2. The van der Waals surface area contributed by atoms with E-state index in [2.05, 4.69) is 5.32 Å². The van der Waals surface area contributed by atoms with Crippen molar-refractivity contribution in [1.29, 1.82) is 0 Å². The Kier molecular flexibility index (Phi) is 8.95. The lowest BCUT2D eigenvalue weighted by Gasteiger charge is -2.29. The van der Waals surface area contributed by atoms with Crippen molar-refractivity contribution in [1.82, 2.24) is 10.2 Å². The van der Waals surface area contributed by atoms with Crippen molar-refractivity contribution in [2.45, 2.75) is 56.9 Å². The van der Waals surface area contributed by atoms with E-state index in [-0.39, 0.29) is 29.4 Å². The van der Waals surface area contributed by atoms with E-state index in [0.717, 1.165) is 36.8 Å². The summed E-state index contributed by atoms with van der Waals surface area (Å²) in [5.74, 6) is 0.530. The van der Waals surface area contributed by atoms with Gasteiger partial charge in [0.05, 0.1) is 5.75 Å². The number of hydrogen-bond donors (Lipinski definition) is 1. The smallest absolute Gasteiger partial charge is 0.242 e. The van der Waals surface area contributed by atoms with Crippen LogP contribution in [0.4, 0.5) is 4.39 Å². The van der Waals surface area contributed by atoms with Crippen LogP contribution in [0.1, 0.15) is 43.7 Å². The zero-order valence-corrected chi connectivity index (χ0v) is 18.9. The van der Waals surface area contributed by atoms with Crippen LogP contribution < -0.4 is 5.32 Å². The molecule has 2 aromatic rings. The second kappa shape index (κ2) is 11.9. The number of carbonyl (C=O) groups is 2. The van der Waals surface area contributed by atoms with Crippen LogP contribution in [0.2, 0.25) is 0 Å². The van der Waals surface area contributed by atoms with Gasteiger partial charge in [0.2, 0.25) is 11.8 Å². The molecule has 3 rings (SSSR count). The summed E-state index contributed by atoms with van der Waals surface area (Å²) in [4.78, 5) is 27.6. The number of rotatable bonds is 10. The number of thioether (sulfide) groups is 1. The predicted octanol–water partition coefficient (Wildman–Crippen LogP) is 4.58. The number of benzene rings is 2. The third-order valence-corrected chi connectivity index (χ3v) is 6.75. The van der Waals surface area contributed by atoms with E-state index in [1.54, 1.807) is 17.0 Å². The molecule has 1 N–H and O–H groups in total. The molecule has 0 bridgehead atoms. The second-order valence-corrected chi connectivity index (χ2v) is 9.09. The van der Waals surface area contributed by atoms with Crippen LogP contribution in [0, 0.1) is 5.82 Å². The summed E-state index contributed by atoms with van der Waals surface area (Å²) in [5, 5.41) is 3.12. The van der Waals surface area contributed by atoms with E-state index < -0.39 is 6.04 Å². The molecule has 1 saturated carbocycles. The molecule has 1 fully saturated rings. The van der Waals surface area contributed by atoms with Crippen LogP contribution in [0.25, 0.3) is 0 Å². The van der Waals surface area contributed by atoms with Crippen molar-refractivity contribution in [2.75, 3.05) is 12.3 Å². The Balaban J connectivity index is 1.59. The zero-order valence-electron chi connectivity index (χ0n) is 18.1. The van der Waals surface area contributed by atoms with Gasteiger partial charge in [0, 0.05) is 18.3 Å². The van der Waals surface area contributed by atoms with Crippen molar-refractivity contribution in [3.8, 4) is 0 Å². The van der Waals surface area contributed by atoms with Gasteiger partial charge in [-0.25, -0.2) is 4.39 Å². The fourth-order valence-electron chi connectivity index (χ4n) is 3.88. The maximum Gasteiger partial charge on any atom is 0.242 e. The maximum absolute atomic E-state index is 13.1. The fourth-order valence-corrected chi connectivity index (χ4v) is 4.75. The standard InChI is InChI=1S/C25H31FN2O2S/c1-19(25(30)27-23-9-5-6-10-23)28(16-15-20-7-3-2-4-8-20)24(29)18-31-17-21-11-13-22(26)14-12-21/h2-4,7-8,11-14,19,23H,5-6,9-10,15-18H2,1H3,(H,27,30)/t19-/m0/s1. The number of nitrogens with one attached hydrogen (secondary N) is 1. The summed E-state index contributed by atoms with van der Waals surface area (Å²) in [7, 11) is 0. The summed E-state index contributed by atoms with van der Waals surface area (Å²) in [6, 6.07) is 16.1. The van der Waals surface area contributed by atoms with Gasteiger partial charge in [-0.05, 0) is 49.4 Å². The SMILES string of the molecule is C[C@@H](C(=O)NC1CCCC1)N(CCc1ccccc1)C(=O)CSCc1ccc(F)cc1. The minimum Gasteiger partial charge on any atom is -0.352 e. The van der Waals surface area contributed by atoms with Crippen molar-refractivity contribution >= 4 is 23.6 Å². The molecule has 0 unspecified atom stereocenters. The van der Waals surface area contributed by atoms with Gasteiger partial charge in [-0.1, -0.05) is 55.3 Å². The van der Waals surface area contributed by atoms with Gasteiger partial charge in [-0.3, -0.25) is 9.59 Å². The molecule has 0 aliphatic heterocycles. The normalized spacial score (nSPS) is 14.9. The van der Waals surface area contributed by atoms with Crippen molar-refractivity contribution in [2.24, 2.45) is 0 Å². The van der Waals surface area contributed by atoms with Crippen LogP contribution in [-0.4, -0.2) is 41.1 Å². The van der Waals surface area contributed by atoms with Crippen LogP contribution in [0.3, 0.4) is 0 Å². The molecule has 31 heavy (non-hydrogen) atoms. The van der Waals surface area contributed by atoms with E-state index >= 15 is 0 Å². The molecule has 166 valence electrons. The predicted molar refractivity (Wildman–Crippen MR) is 124 cm³/mol. The van der Waals surface area contributed by atoms with Crippen LogP contribution >= 0.6 is 11.8 Å². The van der Waals surface area contributed by atoms with Gasteiger partial charge in [0.25, 0.3) is 0 Å². The van der Waals surface area contributed by atoms with Gasteiger partial charge >= 0.3 is 0 Å². The Morgan fingerprint density at radius 3 is 2.42 bits per heavy atom. The van der Waals surface area contributed by atoms with Crippen molar-refractivity contribution < 1.29 is 14.0 Å². The monoisotopic (exact) mass is 442 g/mol. The molecule has 0 radical (unpaired) electrons. The van der Waals surface area contributed by atoms with Gasteiger partial charge < -0.3 is 10.2 Å². The quantitative estimate of drug-likeness (QED) is 0.586. The third-order valence-electron chi connectivity index (χ3n) is 5.76. The third kappa shape index (κ3) is 7.39. The average Bonchev–Trinajstić information content (AvgIpc) is 3.29. The van der Waals surface area contributed by atoms with Crippen LogP contribution in [-0.2, 0) is 21.8 Å². The molecule has 0 saturated heterocycles. The Morgan fingerprint density at radius 2 is 1.74 bits per heavy atom. The molecule has 1 atom stereocenters. The summed E-state index contributed by atoms with van der Waals surface area (Å²) in [6.45, 7) is 2.32. The first-order chi connectivity index (χ1) is 15.0. The van der Waals surface area contributed by atoms with E-state index in [9.17, 15) is 14.0 Å². The maximum atomic E-state index is 13.1. The highest BCUT2D eigenvalue weighted by molar-refractivity contribution is 7.99. The number of nitrogens with zero attached hydrogens (tertiary/aromatic N) is 1. The summed E-state index contributed by atoms with van der Waals surface area (Å²) >= 11 is 1.49. The molecule has 4 nitrogen and oxygen atoms in total. The number of amides is 2. The van der Waals surface area contributed by atoms with E-state index in [1.165, 1.54) is 23.9 Å². The highest BCUT2D eigenvalue weighted by atomic mass is 32.2. The van der Waals surface area contributed by atoms with Crippen LogP contribution in [0.15, 0.2) is 54.6 Å². The first-order valence-corrected chi connectivity index (χ1v) is 12.1. The van der Waals surface area contributed by atoms with E-state index in [1.807, 2.05) is 37.3 Å². The summed E-state index contributed by atoms with van der Waals surface area (Å²) < 4.78 is 13.1. The Bertz CT molecular complexity index is 838. The molecule has 1 aliphatic carbocycles. The van der Waals surface area contributed by atoms with E-state index in [0.29, 0.717) is 18.7 Å². The largest absolute Gasteiger partial charge is 0.352 e. The second-order valence-electron chi connectivity index (χ2n) is 8.11. The summed E-state index contributed by atoms with van der Waals surface area (Å²) in [5.41, 5.74) is 2.12. The van der Waals surface area contributed by atoms with Crippen molar-refractivity contribution in [3.05, 3.63) is 71.5 Å². The van der Waals surface area contributed by atoms with Gasteiger partial charge in [0.1, 0.15) is 11.9 Å². The molecule has 0 heterocycles. The fraction of sp³-hybridized carbons (Fsp3) is 0.440. The van der Waals surface area contributed by atoms with Gasteiger partial charge in [0.15, 0.2) is 0 Å². The lowest BCUT2D eigenvalue weighted by molar-refractivity contribution is -0.138. The number of hydrogen-bond acceptors (Lipinski definition) is 3. The van der Waals surface area contributed by atoms with E-state index in [4.69, 9.17) is 0 Å². The lowest BCUT2D eigenvalue weighted by atomic mass is 10.1. The molecule has 1 aliphatic rings. The Morgan fingerprint density at radius 1 is 1.06 bits per heavy atom. The molecular formula is C25H31FN2O2S. The molecule has 0 aromatic heterocycles. The molecule has 2 amide bonds. The molecular weight excluding hydrogens is 411 g/mol. The number of halogens is 1. The Labute approximate surface area is 188 Å². The first kappa shape index (κ1) is 23.3. The topological polar surface area (TPSA) is 49.4 Å². The first-order valence-electron chi connectivity index (χ1n) is 11.0. The van der Waals surface area contributed by atoms with Gasteiger partial charge in [-0.2, -0.15) is 0 Å². The summed E-state index contributed by atoms with van der Waals surface area (Å²) in [6.07, 6.45) is 5.04. The lowest BCUT2D eigenvalue weighted by Crippen LogP contribution is -2.51. The Hall–Kier alpha value is -2.34. The van der Waals surface area contributed by atoms with Crippen molar-refractivity contribution in [3.63, 3.8) is 0 Å². The molecule has 2 aromatic carbocycles. The van der Waals surface area contributed by atoms with Gasteiger partial charge in [-0.15, -0.1) is 11.8 Å². The minimum absolute atomic E-state index is 0.0443. The zero-order chi connectivity index (χ0) is 22.1. The highest BCUT2D eigenvalue weighted by Gasteiger charge is 2.28.